The molecule has 2 aliphatic rings. The highest BCUT2D eigenvalue weighted by atomic mass is 16.6. The Morgan fingerprint density at radius 1 is 1.40 bits per heavy atom. The molecular formula is C11H15NO3. The van der Waals surface area contributed by atoms with Gasteiger partial charge in [-0.25, -0.2) is 0 Å². The highest BCUT2D eigenvalue weighted by Crippen LogP contribution is 2.35. The zero-order valence-electron chi connectivity index (χ0n) is 8.86. The van der Waals surface area contributed by atoms with Crippen molar-refractivity contribution < 1.29 is 14.3 Å². The molecular weight excluding hydrogens is 194 g/mol. The van der Waals surface area contributed by atoms with E-state index in [1.807, 2.05) is 0 Å². The molecule has 0 aromatic carbocycles. The largest absolute Gasteiger partial charge is 0.370 e. The monoisotopic (exact) mass is 209 g/mol. The van der Waals surface area contributed by atoms with Crippen molar-refractivity contribution in [1.29, 1.82) is 0 Å². The highest BCUT2D eigenvalue weighted by molar-refractivity contribution is 6.12. The predicted octanol–water partition coefficient (Wildman–Crippen LogP) is 0.871. The van der Waals surface area contributed by atoms with Crippen molar-refractivity contribution in [1.82, 2.24) is 4.90 Å². The van der Waals surface area contributed by atoms with Crippen LogP contribution in [-0.4, -0.2) is 35.5 Å². The summed E-state index contributed by atoms with van der Waals surface area (Å²) in [5.41, 5.74) is 0.0548. The second-order valence-corrected chi connectivity index (χ2v) is 4.09. The fraction of sp³-hybridized carbons (Fsp3) is 0.636. The number of amides is 2. The summed E-state index contributed by atoms with van der Waals surface area (Å²) in [5.74, 6) is -0.385. The number of ether oxygens (including phenoxy) is 1. The van der Waals surface area contributed by atoms with Crippen LogP contribution in [0.1, 0.15) is 26.2 Å². The van der Waals surface area contributed by atoms with Crippen molar-refractivity contribution in [3.05, 3.63) is 12.2 Å². The van der Waals surface area contributed by atoms with E-state index in [9.17, 15) is 9.59 Å². The van der Waals surface area contributed by atoms with E-state index in [0.717, 1.165) is 25.9 Å². The van der Waals surface area contributed by atoms with Gasteiger partial charge in [-0.3, -0.25) is 14.5 Å². The highest BCUT2D eigenvalue weighted by Gasteiger charge is 2.42. The third-order valence-corrected chi connectivity index (χ3v) is 3.11. The standard InChI is InChI=1S/C11H15NO3/c1-2-11(8-15-11)6-3-7-12-9(13)4-5-10(12)14/h4-5H,2-3,6-8H2,1H3. The molecule has 0 bridgehead atoms. The van der Waals surface area contributed by atoms with Gasteiger partial charge < -0.3 is 4.74 Å². The van der Waals surface area contributed by atoms with Crippen molar-refractivity contribution >= 4 is 11.8 Å². The Hall–Kier alpha value is -1.16. The molecule has 2 amide bonds. The summed E-state index contributed by atoms with van der Waals surface area (Å²) in [5, 5.41) is 0. The zero-order valence-corrected chi connectivity index (χ0v) is 8.86. The van der Waals surface area contributed by atoms with Gasteiger partial charge in [-0.2, -0.15) is 0 Å². The maximum Gasteiger partial charge on any atom is 0.253 e. The van der Waals surface area contributed by atoms with Gasteiger partial charge in [0.15, 0.2) is 0 Å². The molecule has 1 atom stereocenters. The van der Waals surface area contributed by atoms with E-state index in [1.165, 1.54) is 17.1 Å². The van der Waals surface area contributed by atoms with E-state index in [0.29, 0.717) is 6.54 Å². The van der Waals surface area contributed by atoms with Gasteiger partial charge in [0.05, 0.1) is 12.2 Å². The molecule has 82 valence electrons. The number of hydrogen-bond donors (Lipinski definition) is 0. The first kappa shape index (κ1) is 10.4. The van der Waals surface area contributed by atoms with E-state index in [2.05, 4.69) is 6.92 Å². The molecule has 2 aliphatic heterocycles. The molecule has 4 nitrogen and oxygen atoms in total. The van der Waals surface area contributed by atoms with Gasteiger partial charge in [0.1, 0.15) is 0 Å². The lowest BCUT2D eigenvalue weighted by atomic mass is 10.0. The molecule has 0 spiro atoms. The fourth-order valence-corrected chi connectivity index (χ4v) is 1.84. The van der Waals surface area contributed by atoms with Crippen LogP contribution in [0.4, 0.5) is 0 Å². The average molecular weight is 209 g/mol. The number of carbonyl (C=O) groups excluding carboxylic acids is 2. The Bertz CT molecular complexity index is 300. The van der Waals surface area contributed by atoms with Crippen LogP contribution in [0.25, 0.3) is 0 Å². The molecule has 0 N–H and O–H groups in total. The Kier molecular flexibility index (Phi) is 2.61. The van der Waals surface area contributed by atoms with Gasteiger partial charge in [0, 0.05) is 18.7 Å². The molecule has 2 rings (SSSR count). The number of carbonyl (C=O) groups is 2. The minimum absolute atomic E-state index is 0.0548. The van der Waals surface area contributed by atoms with Crippen LogP contribution >= 0.6 is 0 Å². The topological polar surface area (TPSA) is 49.9 Å². The number of hydrogen-bond acceptors (Lipinski definition) is 3. The minimum atomic E-state index is -0.192. The summed E-state index contributed by atoms with van der Waals surface area (Å²) >= 11 is 0. The average Bonchev–Trinajstić information content (AvgIpc) is 2.95. The van der Waals surface area contributed by atoms with Gasteiger partial charge in [-0.1, -0.05) is 6.92 Å². The summed E-state index contributed by atoms with van der Waals surface area (Å²) in [4.78, 5) is 23.7. The SMILES string of the molecule is CCC1(CCCN2C(=O)C=CC2=O)CO1. The first-order valence-corrected chi connectivity index (χ1v) is 5.34. The third-order valence-electron chi connectivity index (χ3n) is 3.11. The van der Waals surface area contributed by atoms with Gasteiger partial charge >= 0.3 is 0 Å². The Morgan fingerprint density at radius 3 is 2.47 bits per heavy atom. The van der Waals surface area contributed by atoms with Crippen molar-refractivity contribution in [2.75, 3.05) is 13.2 Å². The molecule has 4 heteroatoms. The predicted molar refractivity (Wildman–Crippen MR) is 54.1 cm³/mol. The maximum absolute atomic E-state index is 11.2. The molecule has 1 unspecified atom stereocenters. The Morgan fingerprint density at radius 2 is 2.00 bits per heavy atom. The summed E-state index contributed by atoms with van der Waals surface area (Å²) < 4.78 is 5.36. The molecule has 0 aromatic heterocycles. The maximum atomic E-state index is 11.2. The minimum Gasteiger partial charge on any atom is -0.370 e. The summed E-state index contributed by atoms with van der Waals surface area (Å²) in [6.45, 7) is 3.43. The lowest BCUT2D eigenvalue weighted by molar-refractivity contribution is -0.136. The van der Waals surface area contributed by atoms with Crippen LogP contribution in [0, 0.1) is 0 Å². The van der Waals surface area contributed by atoms with E-state index in [1.54, 1.807) is 0 Å². The molecule has 2 heterocycles. The number of epoxide rings is 1. The fourth-order valence-electron chi connectivity index (χ4n) is 1.84. The lowest BCUT2D eigenvalue weighted by Crippen LogP contribution is -2.31. The van der Waals surface area contributed by atoms with Crippen LogP contribution < -0.4 is 0 Å². The molecule has 15 heavy (non-hydrogen) atoms. The second-order valence-electron chi connectivity index (χ2n) is 4.09. The Labute approximate surface area is 88.9 Å². The van der Waals surface area contributed by atoms with Crippen LogP contribution in [0.3, 0.4) is 0 Å². The number of nitrogens with zero attached hydrogens (tertiary/aromatic N) is 1. The smallest absolute Gasteiger partial charge is 0.253 e. The first-order chi connectivity index (χ1) is 7.17. The van der Waals surface area contributed by atoms with Gasteiger partial charge in [0.2, 0.25) is 0 Å². The number of imide groups is 1. The van der Waals surface area contributed by atoms with Gasteiger partial charge in [-0.15, -0.1) is 0 Å². The zero-order chi connectivity index (χ0) is 10.9. The lowest BCUT2D eigenvalue weighted by Gasteiger charge is -2.15. The molecule has 1 saturated heterocycles. The van der Waals surface area contributed by atoms with Crippen LogP contribution in [-0.2, 0) is 14.3 Å². The van der Waals surface area contributed by atoms with Crippen LogP contribution in [0.2, 0.25) is 0 Å². The van der Waals surface area contributed by atoms with Crippen molar-refractivity contribution in [3.63, 3.8) is 0 Å². The quantitative estimate of drug-likeness (QED) is 0.498. The first-order valence-electron chi connectivity index (χ1n) is 5.34. The van der Waals surface area contributed by atoms with E-state index >= 15 is 0 Å². The van der Waals surface area contributed by atoms with E-state index in [4.69, 9.17) is 4.74 Å². The van der Waals surface area contributed by atoms with Crippen molar-refractivity contribution in [2.45, 2.75) is 31.8 Å². The molecule has 0 aromatic rings. The van der Waals surface area contributed by atoms with Gasteiger partial charge in [-0.05, 0) is 19.3 Å². The van der Waals surface area contributed by atoms with E-state index in [-0.39, 0.29) is 17.4 Å². The van der Waals surface area contributed by atoms with Crippen molar-refractivity contribution in [2.24, 2.45) is 0 Å². The second kappa shape index (κ2) is 3.77. The molecule has 0 aliphatic carbocycles. The van der Waals surface area contributed by atoms with Gasteiger partial charge in [0.25, 0.3) is 11.8 Å². The summed E-state index contributed by atoms with van der Waals surface area (Å²) in [6.07, 6.45) is 5.41. The summed E-state index contributed by atoms with van der Waals surface area (Å²) in [6, 6.07) is 0. The van der Waals surface area contributed by atoms with Crippen LogP contribution in [0.15, 0.2) is 12.2 Å². The third kappa shape index (κ3) is 2.09. The number of rotatable bonds is 5. The van der Waals surface area contributed by atoms with Crippen LogP contribution in [0.5, 0.6) is 0 Å². The Balaban J connectivity index is 1.74. The van der Waals surface area contributed by atoms with E-state index < -0.39 is 0 Å². The summed E-state index contributed by atoms with van der Waals surface area (Å²) in [7, 11) is 0. The molecule has 1 fully saturated rings. The van der Waals surface area contributed by atoms with Crippen molar-refractivity contribution in [3.8, 4) is 0 Å². The molecule has 0 radical (unpaired) electrons. The normalized spacial score (nSPS) is 29.0. The molecule has 0 saturated carbocycles.